The number of carbonyl (C=O) groups excluding carboxylic acids is 1. The van der Waals surface area contributed by atoms with Crippen LogP contribution in [-0.4, -0.2) is 71.0 Å². The second-order valence-electron chi connectivity index (χ2n) is 12.8. The normalized spacial score (nSPS) is 23.6. The minimum absolute atomic E-state index is 0.136. The zero-order chi connectivity index (χ0) is 29.9. The van der Waals surface area contributed by atoms with E-state index >= 15 is 0 Å². The Balaban J connectivity index is 0.913. The predicted octanol–water partition coefficient (Wildman–Crippen LogP) is 6.40. The van der Waals surface area contributed by atoms with Crippen LogP contribution in [0.4, 0.5) is 5.69 Å². The summed E-state index contributed by atoms with van der Waals surface area (Å²) in [5, 5.41) is 7.97. The lowest BCUT2D eigenvalue weighted by atomic mass is 9.68. The van der Waals surface area contributed by atoms with Crippen LogP contribution < -0.4 is 9.74 Å². The standard InChI is InChI=1S/C36H43N5O3/c1-43-36(30-7-3-2-4-8-30)21-19-32(20-22-36)40-25-23-39(24-26-40)31-17-15-28(16-18-31)27-11-13-29(14-12-27)35(42)44-41-34-10-6-5-9-33(34)37-38-41/h5-6,9-18,30,32H,2-4,7-8,19-26H2,1H3/t32-,36+. The lowest BCUT2D eigenvalue weighted by molar-refractivity contribution is -0.105. The van der Waals surface area contributed by atoms with Crippen LogP contribution in [0, 0.1) is 5.92 Å². The molecule has 3 fully saturated rings. The summed E-state index contributed by atoms with van der Waals surface area (Å²) in [6.45, 7) is 4.37. The minimum atomic E-state index is -0.475. The maximum atomic E-state index is 12.7. The van der Waals surface area contributed by atoms with E-state index in [2.05, 4.69) is 44.4 Å². The van der Waals surface area contributed by atoms with Crippen LogP contribution in [0.25, 0.3) is 22.2 Å². The zero-order valence-corrected chi connectivity index (χ0v) is 25.7. The van der Waals surface area contributed by atoms with Gasteiger partial charge in [0.25, 0.3) is 0 Å². The van der Waals surface area contributed by atoms with Gasteiger partial charge in [0.1, 0.15) is 11.0 Å². The number of carbonyl (C=O) groups is 1. The molecular weight excluding hydrogens is 550 g/mol. The lowest BCUT2D eigenvalue weighted by Crippen LogP contribution is -2.54. The van der Waals surface area contributed by atoms with Gasteiger partial charge in [-0.1, -0.05) is 60.5 Å². The van der Waals surface area contributed by atoms with Gasteiger partial charge in [-0.05, 0) is 97.2 Å². The summed E-state index contributed by atoms with van der Waals surface area (Å²) in [5.41, 5.74) is 5.37. The fourth-order valence-electron chi connectivity index (χ4n) is 7.92. The summed E-state index contributed by atoms with van der Waals surface area (Å²) in [6.07, 6.45) is 11.9. The van der Waals surface area contributed by atoms with Gasteiger partial charge in [-0.25, -0.2) is 4.79 Å². The smallest absolute Gasteiger partial charge is 0.365 e. The van der Waals surface area contributed by atoms with Gasteiger partial charge in [0, 0.05) is 45.0 Å². The first kappa shape index (κ1) is 29.0. The molecule has 0 spiro atoms. The first-order valence-corrected chi connectivity index (χ1v) is 16.4. The van der Waals surface area contributed by atoms with E-state index < -0.39 is 5.97 Å². The Morgan fingerprint density at radius 3 is 2.14 bits per heavy atom. The van der Waals surface area contributed by atoms with E-state index in [1.807, 2.05) is 43.5 Å². The number of aromatic nitrogens is 3. The molecule has 0 bridgehead atoms. The first-order valence-electron chi connectivity index (χ1n) is 16.4. The average molecular weight is 594 g/mol. The summed E-state index contributed by atoms with van der Waals surface area (Å²) in [5.74, 6) is 0.292. The molecule has 3 aromatic carbocycles. The van der Waals surface area contributed by atoms with Gasteiger partial charge in [-0.3, -0.25) is 4.90 Å². The van der Waals surface area contributed by atoms with Crippen molar-refractivity contribution >= 4 is 22.7 Å². The molecule has 1 aromatic heterocycles. The molecule has 2 heterocycles. The topological polar surface area (TPSA) is 72.7 Å². The quantitative estimate of drug-likeness (QED) is 0.230. The van der Waals surface area contributed by atoms with Crippen molar-refractivity contribution in [3.05, 3.63) is 78.4 Å². The molecule has 7 rings (SSSR count). The van der Waals surface area contributed by atoms with Crippen molar-refractivity contribution in [1.29, 1.82) is 0 Å². The van der Waals surface area contributed by atoms with Gasteiger partial charge in [0.2, 0.25) is 0 Å². The number of methoxy groups -OCH3 is 1. The van der Waals surface area contributed by atoms with Crippen LogP contribution in [0.2, 0.25) is 0 Å². The molecule has 2 saturated carbocycles. The van der Waals surface area contributed by atoms with Gasteiger partial charge in [0.05, 0.1) is 11.2 Å². The number of piperazine rings is 1. The third-order valence-electron chi connectivity index (χ3n) is 10.6. The zero-order valence-electron chi connectivity index (χ0n) is 25.7. The second kappa shape index (κ2) is 12.7. The number of rotatable bonds is 7. The van der Waals surface area contributed by atoms with Gasteiger partial charge in [-0.2, -0.15) is 0 Å². The summed E-state index contributed by atoms with van der Waals surface area (Å²) < 4.78 is 6.27. The third kappa shape index (κ3) is 5.85. The van der Waals surface area contributed by atoms with E-state index in [0.29, 0.717) is 22.6 Å². The fourth-order valence-corrected chi connectivity index (χ4v) is 7.92. The molecule has 0 unspecified atom stereocenters. The van der Waals surface area contributed by atoms with Gasteiger partial charge >= 0.3 is 5.97 Å². The number of fused-ring (bicyclic) bond motifs is 1. The Morgan fingerprint density at radius 1 is 0.795 bits per heavy atom. The molecule has 1 aliphatic heterocycles. The van der Waals surface area contributed by atoms with E-state index in [9.17, 15) is 4.79 Å². The Morgan fingerprint density at radius 2 is 1.45 bits per heavy atom. The van der Waals surface area contributed by atoms with Crippen LogP contribution in [-0.2, 0) is 4.74 Å². The molecule has 0 N–H and O–H groups in total. The van der Waals surface area contributed by atoms with Crippen LogP contribution in [0.3, 0.4) is 0 Å². The van der Waals surface area contributed by atoms with Crippen molar-refractivity contribution < 1.29 is 14.4 Å². The number of anilines is 1. The number of benzene rings is 3. The highest BCUT2D eigenvalue weighted by atomic mass is 16.7. The van der Waals surface area contributed by atoms with E-state index in [-0.39, 0.29) is 5.60 Å². The maximum Gasteiger partial charge on any atom is 0.365 e. The van der Waals surface area contributed by atoms with Crippen molar-refractivity contribution in [2.45, 2.75) is 69.4 Å². The molecular formula is C36H43N5O3. The Kier molecular flexibility index (Phi) is 8.37. The van der Waals surface area contributed by atoms with Crippen LogP contribution >= 0.6 is 0 Å². The highest BCUT2D eigenvalue weighted by molar-refractivity contribution is 5.90. The molecule has 3 aliphatic rings. The summed E-state index contributed by atoms with van der Waals surface area (Å²) in [7, 11) is 1.97. The Hall–Kier alpha value is -3.75. The van der Waals surface area contributed by atoms with Crippen molar-refractivity contribution in [2.24, 2.45) is 5.92 Å². The van der Waals surface area contributed by atoms with E-state index in [1.54, 1.807) is 12.1 Å². The highest BCUT2D eigenvalue weighted by Crippen LogP contribution is 2.44. The average Bonchev–Trinajstić information content (AvgIpc) is 3.51. The monoisotopic (exact) mass is 593 g/mol. The molecule has 8 nitrogen and oxygen atoms in total. The highest BCUT2D eigenvalue weighted by Gasteiger charge is 2.43. The summed E-state index contributed by atoms with van der Waals surface area (Å²) in [4.78, 5) is 24.6. The fraction of sp³-hybridized carbons (Fsp3) is 0.472. The molecule has 1 saturated heterocycles. The molecule has 4 aromatic rings. The van der Waals surface area contributed by atoms with E-state index in [0.717, 1.165) is 43.2 Å². The number of ether oxygens (including phenoxy) is 1. The molecule has 8 heteroatoms. The summed E-state index contributed by atoms with van der Waals surface area (Å²) in [6, 6.07) is 24.4. The number of hydrogen-bond donors (Lipinski definition) is 0. The Labute approximate surface area is 259 Å². The number of hydrogen-bond acceptors (Lipinski definition) is 7. The lowest BCUT2D eigenvalue weighted by Gasteiger charge is -2.49. The molecule has 0 atom stereocenters. The van der Waals surface area contributed by atoms with Crippen molar-refractivity contribution in [3.8, 4) is 11.1 Å². The van der Waals surface area contributed by atoms with E-state index in [4.69, 9.17) is 9.57 Å². The van der Waals surface area contributed by atoms with Crippen LogP contribution in [0.1, 0.15) is 68.1 Å². The van der Waals surface area contributed by atoms with Crippen molar-refractivity contribution in [3.63, 3.8) is 0 Å². The number of nitrogens with zero attached hydrogens (tertiary/aromatic N) is 5. The summed E-state index contributed by atoms with van der Waals surface area (Å²) >= 11 is 0. The van der Waals surface area contributed by atoms with Crippen LogP contribution in [0.5, 0.6) is 0 Å². The SMILES string of the molecule is CO[C@]1(C2CCCCC2)CC[C@H](N2CCN(c3ccc(-c4ccc(C(=O)On5nnc6ccccc65)cc4)cc3)CC2)CC1. The Bertz CT molecular complexity index is 1540. The first-order chi connectivity index (χ1) is 21.6. The van der Waals surface area contributed by atoms with Crippen molar-refractivity contribution in [2.75, 3.05) is 38.2 Å². The second-order valence-corrected chi connectivity index (χ2v) is 12.8. The van der Waals surface area contributed by atoms with Gasteiger partial charge in [-0.15, -0.1) is 5.10 Å². The number of para-hydroxylation sites is 1. The third-order valence-corrected chi connectivity index (χ3v) is 10.6. The van der Waals surface area contributed by atoms with Crippen LogP contribution in [0.15, 0.2) is 72.8 Å². The molecule has 0 amide bonds. The largest absolute Gasteiger partial charge is 0.378 e. The molecule has 0 radical (unpaired) electrons. The van der Waals surface area contributed by atoms with E-state index in [1.165, 1.54) is 68.3 Å². The van der Waals surface area contributed by atoms with Crippen molar-refractivity contribution in [1.82, 2.24) is 20.1 Å². The molecule has 230 valence electrons. The van der Waals surface area contributed by atoms with Gasteiger partial charge < -0.3 is 14.5 Å². The predicted molar refractivity (Wildman–Crippen MR) is 173 cm³/mol. The molecule has 44 heavy (non-hydrogen) atoms. The van der Waals surface area contributed by atoms with Gasteiger partial charge in [0.15, 0.2) is 0 Å². The maximum absolute atomic E-state index is 12.7. The minimum Gasteiger partial charge on any atom is -0.378 e. The molecule has 2 aliphatic carbocycles.